The number of carbonyl (C=O) groups excluding carboxylic acids is 1. The average Bonchev–Trinajstić information content (AvgIpc) is 3.52. The number of ether oxygens (including phenoxy) is 3. The van der Waals surface area contributed by atoms with E-state index in [0.29, 0.717) is 35.8 Å². The number of methoxy groups -OCH3 is 1. The number of fused-ring (bicyclic) bond motifs is 1. The van der Waals surface area contributed by atoms with Gasteiger partial charge in [-0.2, -0.15) is 0 Å². The van der Waals surface area contributed by atoms with E-state index in [1.54, 1.807) is 51.1 Å². The third-order valence-electron chi connectivity index (χ3n) is 6.82. The zero-order valence-corrected chi connectivity index (χ0v) is 26.8. The van der Waals surface area contributed by atoms with Gasteiger partial charge >= 0.3 is 6.09 Å². The van der Waals surface area contributed by atoms with Crippen LogP contribution in [-0.2, 0) is 27.6 Å². The first-order chi connectivity index (χ1) is 21.1. The van der Waals surface area contributed by atoms with Gasteiger partial charge in [0, 0.05) is 6.54 Å². The van der Waals surface area contributed by atoms with Gasteiger partial charge in [-0.1, -0.05) is 62.4 Å². The number of amidine groups is 1. The van der Waals surface area contributed by atoms with Crippen molar-refractivity contribution in [2.45, 2.75) is 59.3 Å². The lowest BCUT2D eigenvalue weighted by atomic mass is 9.93. The molecule has 2 N–H and O–H groups in total. The maximum absolute atomic E-state index is 13.9. The third-order valence-corrected chi connectivity index (χ3v) is 8.41. The molecule has 5 rings (SSSR count). The first-order valence-corrected chi connectivity index (χ1v) is 16.2. The molecule has 1 amide bonds. The molecule has 12 heteroatoms. The van der Waals surface area contributed by atoms with Crippen LogP contribution in [0.2, 0.25) is 0 Å². The Balaban J connectivity index is 0.00000216. The summed E-state index contributed by atoms with van der Waals surface area (Å²) in [5.41, 5.74) is 7.64. The predicted octanol–water partition coefficient (Wildman–Crippen LogP) is 5.35. The molecule has 0 aromatic heterocycles. The lowest BCUT2D eigenvalue weighted by molar-refractivity contribution is 0.0162. The van der Waals surface area contributed by atoms with Gasteiger partial charge in [-0.15, -0.1) is 10.6 Å². The normalized spacial score (nSPS) is 16.1. The van der Waals surface area contributed by atoms with Crippen LogP contribution in [0.3, 0.4) is 0 Å². The van der Waals surface area contributed by atoms with Crippen molar-refractivity contribution in [1.29, 1.82) is 0 Å². The van der Waals surface area contributed by atoms with Gasteiger partial charge in [0.25, 0.3) is 5.17 Å². The van der Waals surface area contributed by atoms with Gasteiger partial charge in [-0.25, -0.2) is 23.8 Å². The van der Waals surface area contributed by atoms with Crippen molar-refractivity contribution < 1.29 is 27.4 Å². The van der Waals surface area contributed by atoms with Gasteiger partial charge in [0.2, 0.25) is 9.84 Å². The van der Waals surface area contributed by atoms with Crippen LogP contribution in [0.4, 0.5) is 10.5 Å². The summed E-state index contributed by atoms with van der Waals surface area (Å²) in [6, 6.07) is 21.5. The maximum atomic E-state index is 13.9. The van der Waals surface area contributed by atoms with Crippen LogP contribution < -0.4 is 25.6 Å². The fraction of sp³-hybridized carbons (Fsp3) is 0.375. The van der Waals surface area contributed by atoms with Crippen molar-refractivity contribution in [2.75, 3.05) is 24.4 Å². The molecule has 0 saturated heterocycles. The molecule has 0 radical (unpaired) electrons. The Kier molecular flexibility index (Phi) is 10.4. The molecule has 11 nitrogen and oxygen atoms in total. The molecule has 0 bridgehead atoms. The minimum absolute atomic E-state index is 0.209. The van der Waals surface area contributed by atoms with Crippen molar-refractivity contribution in [3.8, 4) is 11.5 Å². The summed E-state index contributed by atoms with van der Waals surface area (Å²) in [6.45, 7) is 9.92. The van der Waals surface area contributed by atoms with Crippen LogP contribution in [0, 0.1) is 0 Å². The van der Waals surface area contributed by atoms with Crippen LogP contribution in [0.5, 0.6) is 11.5 Å². The number of anilines is 1. The highest BCUT2D eigenvalue weighted by Gasteiger charge is 2.41. The minimum Gasteiger partial charge on any atom is -0.493 e. The second-order valence-corrected chi connectivity index (χ2v) is 12.9. The lowest BCUT2D eigenvalue weighted by Gasteiger charge is -2.38. The monoisotopic (exact) mass is 623 g/mol. The number of para-hydroxylation sites is 1. The van der Waals surface area contributed by atoms with Crippen molar-refractivity contribution in [2.24, 2.45) is 5.10 Å². The number of amides is 1. The van der Waals surface area contributed by atoms with Gasteiger partial charge in [-0.3, -0.25) is 4.90 Å². The van der Waals surface area contributed by atoms with Crippen molar-refractivity contribution >= 4 is 26.8 Å². The minimum atomic E-state index is -4.06. The molecule has 0 aliphatic carbocycles. The smallest absolute Gasteiger partial charge is 0.410 e. The predicted molar refractivity (Wildman–Crippen MR) is 171 cm³/mol. The van der Waals surface area contributed by atoms with Crippen molar-refractivity contribution in [3.63, 3.8) is 0 Å². The molecular weight excluding hydrogens is 582 g/mol. The van der Waals surface area contributed by atoms with E-state index in [-0.39, 0.29) is 11.7 Å². The van der Waals surface area contributed by atoms with E-state index in [9.17, 15) is 13.2 Å². The molecule has 44 heavy (non-hydrogen) atoms. The zero-order valence-electron chi connectivity index (χ0n) is 26.0. The first kappa shape index (κ1) is 32.6. The second-order valence-electron chi connectivity index (χ2n) is 11.0. The highest BCUT2D eigenvalue weighted by Crippen LogP contribution is 2.40. The van der Waals surface area contributed by atoms with Crippen LogP contribution in [-0.4, -0.2) is 49.6 Å². The van der Waals surface area contributed by atoms with E-state index in [2.05, 4.69) is 16.2 Å². The molecule has 3 aromatic carbocycles. The molecule has 0 fully saturated rings. The van der Waals surface area contributed by atoms with Gasteiger partial charge in [0.15, 0.2) is 11.5 Å². The Bertz CT molecular complexity index is 1560. The highest BCUT2D eigenvalue weighted by molar-refractivity contribution is 8.06. The summed E-state index contributed by atoms with van der Waals surface area (Å²) in [7, 11) is -2.53. The van der Waals surface area contributed by atoms with E-state index in [4.69, 9.17) is 14.2 Å². The highest BCUT2D eigenvalue weighted by atomic mass is 32.2. The Hall–Kier alpha value is -4.29. The fourth-order valence-electron chi connectivity index (χ4n) is 4.90. The molecule has 1 atom stereocenters. The van der Waals surface area contributed by atoms with Crippen LogP contribution in [0.1, 0.15) is 57.4 Å². The average molecular weight is 624 g/mol. The Labute approximate surface area is 259 Å². The summed E-state index contributed by atoms with van der Waals surface area (Å²) in [5.74, 6) is 0.542. The zero-order chi connectivity index (χ0) is 31.9. The van der Waals surface area contributed by atoms with Gasteiger partial charge in [0.1, 0.15) is 12.2 Å². The molecule has 2 aliphatic rings. The lowest BCUT2D eigenvalue weighted by Crippen LogP contribution is -2.48. The topological polar surface area (TPSA) is 122 Å². The number of hydrogen-bond acceptors (Lipinski definition) is 10. The molecule has 0 spiro atoms. The van der Waals surface area contributed by atoms with Gasteiger partial charge in [-0.05, 0) is 68.1 Å². The van der Waals surface area contributed by atoms with E-state index in [1.807, 2.05) is 56.3 Å². The summed E-state index contributed by atoms with van der Waals surface area (Å²) in [4.78, 5) is 14.9. The van der Waals surface area contributed by atoms with Crippen LogP contribution >= 0.6 is 0 Å². The number of nitrogens with one attached hydrogen (secondary N) is 2. The molecular formula is C32H41N5O6S. The number of hydrogen-bond donors (Lipinski definition) is 2. The van der Waals surface area contributed by atoms with E-state index < -0.39 is 33.3 Å². The Morgan fingerprint density at radius 2 is 1.66 bits per heavy atom. The first-order valence-electron chi connectivity index (χ1n) is 14.6. The van der Waals surface area contributed by atoms with Crippen molar-refractivity contribution in [1.82, 2.24) is 16.0 Å². The van der Waals surface area contributed by atoms with Crippen molar-refractivity contribution in [3.05, 3.63) is 89.5 Å². The molecule has 2 aliphatic heterocycles. The summed E-state index contributed by atoms with van der Waals surface area (Å²) < 4.78 is 45.4. The molecule has 1 unspecified atom stereocenters. The van der Waals surface area contributed by atoms with Crippen LogP contribution in [0.25, 0.3) is 0 Å². The number of rotatable bonds is 7. The molecule has 0 saturated carbocycles. The van der Waals surface area contributed by atoms with Gasteiger partial charge in [0.05, 0.1) is 24.6 Å². The molecule has 2 heterocycles. The summed E-state index contributed by atoms with van der Waals surface area (Å²) in [5, 5.41) is 5.18. The molecule has 236 valence electrons. The summed E-state index contributed by atoms with van der Waals surface area (Å²) in [6.07, 6.45) is -0.113. The summed E-state index contributed by atoms with van der Waals surface area (Å²) >= 11 is 0. The van der Waals surface area contributed by atoms with E-state index >= 15 is 0 Å². The van der Waals surface area contributed by atoms with Gasteiger partial charge < -0.3 is 14.2 Å². The number of carbonyl (C=O) groups is 1. The SMILES string of the molecule is CC.COc1cc2c(cc1OCc1ccccc1)CCN(C(=O)OC(C)(C)C)C2CS(=O)(=O)C1=NNNN1c1ccccc1. The van der Waals surface area contributed by atoms with E-state index in [0.717, 1.165) is 11.1 Å². The maximum Gasteiger partial charge on any atom is 0.410 e. The standard InChI is InChI=1S/C30H35N5O6S.C2H6/c1-30(2,3)41-29(36)34-16-15-22-17-27(40-19-21-11-7-5-8-12-21)26(39-4)18-24(22)25(34)20-42(37,38)28-31-32-33-35(28)23-13-9-6-10-14-23;1-2/h5-14,17-18,25,32-33H,15-16,19-20H2,1-4H3;1-2H3. The fourth-order valence-corrected chi connectivity index (χ4v) is 6.44. The third kappa shape index (κ3) is 7.61. The number of sulfone groups is 1. The largest absolute Gasteiger partial charge is 0.493 e. The Morgan fingerprint density at radius 3 is 2.30 bits per heavy atom. The Morgan fingerprint density at radius 1 is 1.00 bits per heavy atom. The second kappa shape index (κ2) is 14.0. The quantitative estimate of drug-likeness (QED) is 0.359. The number of nitrogens with zero attached hydrogens (tertiary/aromatic N) is 3. The molecule has 3 aromatic rings. The van der Waals surface area contributed by atoms with E-state index in [1.165, 1.54) is 17.0 Å². The number of hydrazone groups is 1. The number of benzene rings is 3. The number of hydrazine groups is 2. The van der Waals surface area contributed by atoms with Crippen LogP contribution in [0.15, 0.2) is 77.9 Å².